The van der Waals surface area contributed by atoms with E-state index in [1.807, 2.05) is 0 Å². The van der Waals surface area contributed by atoms with Gasteiger partial charge >= 0.3 is 18.3 Å². The van der Waals surface area contributed by atoms with Crippen molar-refractivity contribution in [1.82, 2.24) is 0 Å². The lowest BCUT2D eigenvalue weighted by Crippen LogP contribution is -2.71. The average molecular weight is 347 g/mol. The number of rotatable bonds is 5. The molecule has 0 saturated heterocycles. The molecule has 1 rings (SSSR count). The molecule has 0 spiro atoms. The van der Waals surface area contributed by atoms with Crippen LogP contribution < -0.4 is 5.11 Å². The van der Waals surface area contributed by atoms with Crippen molar-refractivity contribution in [3.63, 3.8) is 0 Å². The highest BCUT2D eigenvalue weighted by Crippen LogP contribution is 2.41. The van der Waals surface area contributed by atoms with Gasteiger partial charge in [0.1, 0.15) is 6.61 Å². The van der Waals surface area contributed by atoms with E-state index in [1.54, 1.807) is 30.3 Å². The number of esters is 1. The highest BCUT2D eigenvalue weighted by Gasteiger charge is 2.68. The van der Waals surface area contributed by atoms with Gasteiger partial charge in [-0.2, -0.15) is 26.3 Å². The van der Waals surface area contributed by atoms with E-state index in [0.717, 1.165) is 11.8 Å². The number of carbonyl (C=O) groups excluding carboxylic acids is 1. The molecule has 1 aromatic carbocycles. The number of alkyl halides is 6. The van der Waals surface area contributed by atoms with Crippen LogP contribution in [-0.2, 0) is 9.53 Å². The number of hydrogen-bond acceptors (Lipinski definition) is 4. The zero-order valence-corrected chi connectivity index (χ0v) is 11.5. The molecule has 1 aromatic rings. The summed E-state index contributed by atoms with van der Waals surface area (Å²) < 4.78 is 77.6. The number of halogens is 6. The smallest absolute Gasteiger partial charge is 0.399 e. The minimum Gasteiger partial charge on any atom is -0.828 e. The normalized spacial score (nSPS) is 13.0. The quantitative estimate of drug-likeness (QED) is 0.356. The van der Waals surface area contributed by atoms with Crippen LogP contribution in [0.2, 0.25) is 0 Å². The van der Waals surface area contributed by atoms with E-state index in [9.17, 15) is 36.2 Å². The van der Waals surface area contributed by atoms with Crippen LogP contribution in [0.4, 0.5) is 26.3 Å². The van der Waals surface area contributed by atoms with Crippen LogP contribution in [0.25, 0.3) is 0 Å². The van der Waals surface area contributed by atoms with Crippen LogP contribution in [0.15, 0.2) is 35.2 Å². The predicted molar refractivity (Wildman–Crippen MR) is 63.0 cm³/mol. The summed E-state index contributed by atoms with van der Waals surface area (Å²) in [5.74, 6) is -3.00. The van der Waals surface area contributed by atoms with Gasteiger partial charge < -0.3 is 9.84 Å². The summed E-state index contributed by atoms with van der Waals surface area (Å²) in [6.07, 6.45) is -12.7. The highest BCUT2D eigenvalue weighted by molar-refractivity contribution is 7.99. The van der Waals surface area contributed by atoms with Gasteiger partial charge in [0.2, 0.25) is 0 Å². The lowest BCUT2D eigenvalue weighted by molar-refractivity contribution is -0.574. The molecule has 22 heavy (non-hydrogen) atoms. The Morgan fingerprint density at radius 3 is 2.00 bits per heavy atom. The largest absolute Gasteiger partial charge is 0.828 e. The lowest BCUT2D eigenvalue weighted by Gasteiger charge is -2.40. The predicted octanol–water partition coefficient (Wildman–Crippen LogP) is 2.55. The summed E-state index contributed by atoms with van der Waals surface area (Å²) in [5.41, 5.74) is -5.78. The molecular weight excluding hydrogens is 338 g/mol. The summed E-state index contributed by atoms with van der Waals surface area (Å²) in [6.45, 7) is -0.755. The Bertz CT molecular complexity index is 486. The second-order valence-electron chi connectivity index (χ2n) is 3.97. The zero-order chi connectivity index (χ0) is 17.0. The number of carbonyl (C=O) groups is 1. The zero-order valence-electron chi connectivity index (χ0n) is 10.7. The van der Waals surface area contributed by atoms with Crippen LogP contribution in [0.5, 0.6) is 0 Å². The summed E-state index contributed by atoms with van der Waals surface area (Å²) >= 11 is 1.05. The Balaban J connectivity index is 2.62. The first-order valence-corrected chi connectivity index (χ1v) is 6.67. The van der Waals surface area contributed by atoms with E-state index >= 15 is 0 Å². The van der Waals surface area contributed by atoms with Crippen molar-refractivity contribution >= 4 is 17.7 Å². The van der Waals surface area contributed by atoms with Crippen molar-refractivity contribution in [2.45, 2.75) is 22.8 Å². The van der Waals surface area contributed by atoms with Gasteiger partial charge in [0.05, 0.1) is 0 Å². The third-order valence-electron chi connectivity index (χ3n) is 2.41. The second-order valence-corrected chi connectivity index (χ2v) is 5.14. The molecule has 0 heterocycles. The molecule has 0 aliphatic rings. The number of hydrogen-bond donors (Lipinski definition) is 0. The van der Waals surface area contributed by atoms with E-state index in [1.165, 1.54) is 0 Å². The fraction of sp³-hybridized carbons (Fsp3) is 0.417. The first kappa shape index (κ1) is 18.6. The molecule has 3 nitrogen and oxygen atoms in total. The van der Waals surface area contributed by atoms with Gasteiger partial charge in [-0.1, -0.05) is 18.2 Å². The highest BCUT2D eigenvalue weighted by atomic mass is 32.2. The third-order valence-corrected chi connectivity index (χ3v) is 3.39. The standard InChI is InChI=1S/C12H9F6O3S/c13-11(14,15)10(20,12(16,17)18)9(19)21-6-7-22-8-4-2-1-3-5-8/h1-5H,6-7H2/q-1. The molecule has 0 aromatic heterocycles. The lowest BCUT2D eigenvalue weighted by atomic mass is 10.0. The van der Waals surface area contributed by atoms with Gasteiger partial charge in [0.25, 0.3) is 0 Å². The van der Waals surface area contributed by atoms with E-state index < -0.39 is 30.5 Å². The van der Waals surface area contributed by atoms with Gasteiger partial charge in [-0.15, -0.1) is 11.8 Å². The van der Waals surface area contributed by atoms with Crippen molar-refractivity contribution in [2.24, 2.45) is 0 Å². The monoisotopic (exact) mass is 347 g/mol. The molecule has 0 saturated carbocycles. The molecule has 0 atom stereocenters. The van der Waals surface area contributed by atoms with Crippen molar-refractivity contribution in [3.8, 4) is 0 Å². The summed E-state index contributed by atoms with van der Waals surface area (Å²) in [6, 6.07) is 8.35. The van der Waals surface area contributed by atoms with Crippen molar-refractivity contribution in [2.75, 3.05) is 12.4 Å². The van der Waals surface area contributed by atoms with Crippen molar-refractivity contribution in [1.29, 1.82) is 0 Å². The Morgan fingerprint density at radius 1 is 1.05 bits per heavy atom. The maximum atomic E-state index is 12.3. The number of ether oxygens (including phenoxy) is 1. The van der Waals surface area contributed by atoms with Gasteiger partial charge in [0, 0.05) is 10.6 Å². The molecule has 0 N–H and O–H groups in total. The molecular formula is C12H9F6O3S-. The molecule has 0 fully saturated rings. The minimum absolute atomic E-state index is 0.0957. The van der Waals surface area contributed by atoms with E-state index in [4.69, 9.17) is 0 Å². The maximum absolute atomic E-state index is 12.3. The molecule has 0 aliphatic heterocycles. The first-order chi connectivity index (χ1) is 10.00. The van der Waals surface area contributed by atoms with Crippen molar-refractivity contribution in [3.05, 3.63) is 30.3 Å². The molecule has 0 radical (unpaired) electrons. The summed E-state index contributed by atoms with van der Waals surface area (Å²) in [5, 5.41) is 11.0. The average Bonchev–Trinajstić information content (AvgIpc) is 2.41. The first-order valence-electron chi connectivity index (χ1n) is 5.69. The van der Waals surface area contributed by atoms with Gasteiger partial charge in [-0.25, -0.2) is 0 Å². The SMILES string of the molecule is O=C(OCCSc1ccccc1)C([O-])(C(F)(F)F)C(F)(F)F. The second kappa shape index (κ2) is 6.78. The molecule has 0 amide bonds. The van der Waals surface area contributed by atoms with E-state index in [-0.39, 0.29) is 5.75 Å². The van der Waals surface area contributed by atoms with Crippen LogP contribution >= 0.6 is 11.8 Å². The summed E-state index contributed by atoms with van der Waals surface area (Å²) in [4.78, 5) is 11.7. The molecule has 0 unspecified atom stereocenters. The van der Waals surface area contributed by atoms with Gasteiger partial charge in [-0.3, -0.25) is 4.79 Å². The fourth-order valence-corrected chi connectivity index (χ4v) is 2.06. The maximum Gasteiger partial charge on any atom is 0.399 e. The fourth-order valence-electron chi connectivity index (χ4n) is 1.30. The van der Waals surface area contributed by atoms with E-state index in [0.29, 0.717) is 4.90 Å². The van der Waals surface area contributed by atoms with Gasteiger partial charge in [-0.05, 0) is 12.1 Å². The molecule has 124 valence electrons. The molecule has 10 heteroatoms. The Hall–Kier alpha value is -1.42. The topological polar surface area (TPSA) is 49.4 Å². The number of benzene rings is 1. The molecule has 0 bridgehead atoms. The molecule has 0 aliphatic carbocycles. The third kappa shape index (κ3) is 4.07. The Kier molecular flexibility index (Phi) is 5.74. The van der Waals surface area contributed by atoms with Crippen LogP contribution in [0, 0.1) is 0 Å². The minimum atomic E-state index is -6.34. The summed E-state index contributed by atoms with van der Waals surface area (Å²) in [7, 11) is 0. The van der Waals surface area contributed by atoms with Crippen LogP contribution in [0.3, 0.4) is 0 Å². The Labute approximate surface area is 125 Å². The number of thioether (sulfide) groups is 1. The van der Waals surface area contributed by atoms with Crippen molar-refractivity contribution < 1.29 is 41.0 Å². The van der Waals surface area contributed by atoms with Crippen LogP contribution in [0.1, 0.15) is 0 Å². The Morgan fingerprint density at radius 2 is 1.55 bits per heavy atom. The van der Waals surface area contributed by atoms with Crippen LogP contribution in [-0.4, -0.2) is 36.3 Å². The van der Waals surface area contributed by atoms with E-state index in [2.05, 4.69) is 4.74 Å². The van der Waals surface area contributed by atoms with Gasteiger partial charge in [0.15, 0.2) is 5.60 Å².